The van der Waals surface area contributed by atoms with Gasteiger partial charge in [0.25, 0.3) is 0 Å². The number of aromatic carboxylic acids is 1. The predicted octanol–water partition coefficient (Wildman–Crippen LogP) is 1.85. The fourth-order valence-electron chi connectivity index (χ4n) is 1.97. The van der Waals surface area contributed by atoms with E-state index in [4.69, 9.17) is 0 Å². The quantitative estimate of drug-likeness (QED) is 0.833. The number of hydrogen-bond donors (Lipinski definition) is 1. The molecule has 1 atom stereocenters. The summed E-state index contributed by atoms with van der Waals surface area (Å²) in [5.41, 5.74) is 0.523. The zero-order valence-corrected chi connectivity index (χ0v) is 10.8. The number of carbonyl (C=O) groups excluding carboxylic acids is 1. The Balaban J connectivity index is 2.31. The van der Waals surface area contributed by atoms with E-state index in [1.54, 1.807) is 21.6 Å². The van der Waals surface area contributed by atoms with E-state index in [2.05, 4.69) is 5.10 Å². The lowest BCUT2D eigenvalue weighted by atomic mass is 10.2. The maximum atomic E-state index is 11.3. The van der Waals surface area contributed by atoms with Gasteiger partial charge in [0, 0.05) is 24.2 Å². The molecule has 0 fully saturated rings. The van der Waals surface area contributed by atoms with E-state index < -0.39 is 5.97 Å². The molecule has 19 heavy (non-hydrogen) atoms. The van der Waals surface area contributed by atoms with Crippen LogP contribution in [0.2, 0.25) is 0 Å². The second kappa shape index (κ2) is 5.09. The first-order valence-corrected chi connectivity index (χ1v) is 5.92. The molecule has 1 N–H and O–H groups in total. The monoisotopic (exact) mass is 261 g/mol. The highest BCUT2D eigenvalue weighted by Crippen LogP contribution is 2.17. The lowest BCUT2D eigenvalue weighted by Crippen LogP contribution is -2.17. The molecule has 0 amide bonds. The van der Waals surface area contributed by atoms with Crippen LogP contribution in [0.4, 0.5) is 0 Å². The van der Waals surface area contributed by atoms with Gasteiger partial charge in [0.15, 0.2) is 5.78 Å². The SMILES string of the molecule is CC(=O)c1cc(C(=O)O)n(C(C)Cn2cccn2)c1. The first-order valence-electron chi connectivity index (χ1n) is 5.92. The first-order chi connectivity index (χ1) is 8.99. The molecule has 2 rings (SSSR count). The van der Waals surface area contributed by atoms with E-state index in [0.29, 0.717) is 12.1 Å². The molecule has 0 bridgehead atoms. The van der Waals surface area contributed by atoms with Gasteiger partial charge in [-0.25, -0.2) is 4.79 Å². The number of ketones is 1. The maximum Gasteiger partial charge on any atom is 0.352 e. The molecule has 2 heterocycles. The molecule has 2 aromatic rings. The second-order valence-corrected chi connectivity index (χ2v) is 4.46. The number of carboxylic acids is 1. The van der Waals surface area contributed by atoms with Crippen LogP contribution in [0.15, 0.2) is 30.7 Å². The summed E-state index contributed by atoms with van der Waals surface area (Å²) >= 11 is 0. The number of Topliss-reactive ketones (excluding diaryl/α,β-unsaturated/α-hetero) is 1. The van der Waals surface area contributed by atoms with E-state index in [-0.39, 0.29) is 17.5 Å². The van der Waals surface area contributed by atoms with Gasteiger partial charge < -0.3 is 9.67 Å². The minimum absolute atomic E-state index is 0.112. The minimum atomic E-state index is -1.04. The summed E-state index contributed by atoms with van der Waals surface area (Å²) in [6.45, 7) is 3.85. The summed E-state index contributed by atoms with van der Waals surface area (Å²) in [4.78, 5) is 22.6. The number of nitrogens with zero attached hydrogens (tertiary/aromatic N) is 3. The van der Waals surface area contributed by atoms with E-state index in [1.165, 1.54) is 13.0 Å². The van der Waals surface area contributed by atoms with Crippen molar-refractivity contribution >= 4 is 11.8 Å². The number of aromatic nitrogens is 3. The number of hydrogen-bond acceptors (Lipinski definition) is 3. The zero-order chi connectivity index (χ0) is 14.0. The van der Waals surface area contributed by atoms with E-state index in [9.17, 15) is 14.7 Å². The van der Waals surface area contributed by atoms with Crippen LogP contribution in [0.5, 0.6) is 0 Å². The summed E-state index contributed by atoms with van der Waals surface area (Å²) in [5, 5.41) is 13.3. The summed E-state index contributed by atoms with van der Waals surface area (Å²) in [6, 6.07) is 3.10. The van der Waals surface area contributed by atoms with E-state index in [0.717, 1.165) is 0 Å². The largest absolute Gasteiger partial charge is 0.477 e. The number of carbonyl (C=O) groups is 2. The summed E-state index contributed by atoms with van der Waals surface area (Å²) in [5.74, 6) is -1.19. The molecule has 0 aliphatic carbocycles. The highest BCUT2D eigenvalue weighted by atomic mass is 16.4. The van der Waals surface area contributed by atoms with Crippen LogP contribution in [-0.4, -0.2) is 31.2 Å². The molecule has 0 aliphatic heterocycles. The predicted molar refractivity (Wildman–Crippen MR) is 68.3 cm³/mol. The van der Waals surface area contributed by atoms with Gasteiger partial charge in [0.2, 0.25) is 0 Å². The van der Waals surface area contributed by atoms with Crippen molar-refractivity contribution < 1.29 is 14.7 Å². The third-order valence-electron chi connectivity index (χ3n) is 2.96. The van der Waals surface area contributed by atoms with Crippen molar-refractivity contribution in [3.05, 3.63) is 42.0 Å². The standard InChI is InChI=1S/C13H15N3O3/c1-9(7-15-5-3-4-14-15)16-8-11(10(2)17)6-12(16)13(18)19/h3-6,8-9H,7H2,1-2H3,(H,18,19). The molecule has 6 heteroatoms. The van der Waals surface area contributed by atoms with Crippen molar-refractivity contribution in [1.82, 2.24) is 14.3 Å². The number of carboxylic acid groups (broad SMARTS) is 1. The van der Waals surface area contributed by atoms with Crippen molar-refractivity contribution in [1.29, 1.82) is 0 Å². The van der Waals surface area contributed by atoms with Crippen LogP contribution in [0.3, 0.4) is 0 Å². The Hall–Kier alpha value is -2.37. The molecule has 0 radical (unpaired) electrons. The normalized spacial score (nSPS) is 12.3. The van der Waals surface area contributed by atoms with Gasteiger partial charge >= 0.3 is 5.97 Å². The molecule has 0 saturated heterocycles. The van der Waals surface area contributed by atoms with Crippen LogP contribution in [0, 0.1) is 0 Å². The lowest BCUT2D eigenvalue weighted by molar-refractivity contribution is 0.0682. The van der Waals surface area contributed by atoms with Crippen molar-refractivity contribution in [2.75, 3.05) is 0 Å². The van der Waals surface area contributed by atoms with Gasteiger partial charge in [-0.05, 0) is 26.0 Å². The van der Waals surface area contributed by atoms with Gasteiger partial charge in [0.1, 0.15) is 5.69 Å². The fourth-order valence-corrected chi connectivity index (χ4v) is 1.97. The highest BCUT2D eigenvalue weighted by molar-refractivity contribution is 5.97. The molecule has 2 aromatic heterocycles. The first kappa shape index (κ1) is 13.1. The highest BCUT2D eigenvalue weighted by Gasteiger charge is 2.18. The Labute approximate surface area is 110 Å². The van der Waals surface area contributed by atoms with Crippen LogP contribution in [0.25, 0.3) is 0 Å². The van der Waals surface area contributed by atoms with Crippen molar-refractivity contribution in [3.8, 4) is 0 Å². The van der Waals surface area contributed by atoms with E-state index >= 15 is 0 Å². The van der Waals surface area contributed by atoms with Crippen LogP contribution in [-0.2, 0) is 6.54 Å². The van der Waals surface area contributed by atoms with Gasteiger partial charge in [-0.1, -0.05) is 0 Å². The van der Waals surface area contributed by atoms with Crippen LogP contribution < -0.4 is 0 Å². The van der Waals surface area contributed by atoms with E-state index in [1.807, 2.05) is 19.2 Å². The van der Waals surface area contributed by atoms with Gasteiger partial charge in [0.05, 0.1) is 12.6 Å². The third kappa shape index (κ3) is 2.73. The lowest BCUT2D eigenvalue weighted by Gasteiger charge is -2.15. The van der Waals surface area contributed by atoms with Crippen molar-refractivity contribution in [2.24, 2.45) is 0 Å². The average Bonchev–Trinajstić information content (AvgIpc) is 2.96. The Morgan fingerprint density at radius 1 is 1.47 bits per heavy atom. The summed E-state index contributed by atoms with van der Waals surface area (Å²) < 4.78 is 3.32. The third-order valence-corrected chi connectivity index (χ3v) is 2.96. The zero-order valence-electron chi connectivity index (χ0n) is 10.8. The molecule has 6 nitrogen and oxygen atoms in total. The molecule has 0 aliphatic rings. The second-order valence-electron chi connectivity index (χ2n) is 4.46. The van der Waals surface area contributed by atoms with Crippen LogP contribution >= 0.6 is 0 Å². The van der Waals surface area contributed by atoms with Gasteiger partial charge in [-0.3, -0.25) is 9.48 Å². The molecule has 0 aromatic carbocycles. The molecule has 0 saturated carbocycles. The number of rotatable bonds is 5. The molecule has 100 valence electrons. The molecular weight excluding hydrogens is 246 g/mol. The maximum absolute atomic E-state index is 11.3. The van der Waals surface area contributed by atoms with Gasteiger partial charge in [-0.2, -0.15) is 5.10 Å². The van der Waals surface area contributed by atoms with Crippen molar-refractivity contribution in [3.63, 3.8) is 0 Å². The Bertz CT molecular complexity index is 599. The topological polar surface area (TPSA) is 77.1 Å². The molecule has 0 spiro atoms. The van der Waals surface area contributed by atoms with Crippen LogP contribution in [0.1, 0.15) is 40.7 Å². The average molecular weight is 261 g/mol. The molecule has 1 unspecified atom stereocenters. The molecular formula is C13H15N3O3. The Morgan fingerprint density at radius 2 is 2.21 bits per heavy atom. The van der Waals surface area contributed by atoms with Crippen molar-refractivity contribution in [2.45, 2.75) is 26.4 Å². The Morgan fingerprint density at radius 3 is 2.74 bits per heavy atom. The minimum Gasteiger partial charge on any atom is -0.477 e. The summed E-state index contributed by atoms with van der Waals surface area (Å²) in [7, 11) is 0. The van der Waals surface area contributed by atoms with Gasteiger partial charge in [-0.15, -0.1) is 0 Å². The fraction of sp³-hybridized carbons (Fsp3) is 0.308. The smallest absolute Gasteiger partial charge is 0.352 e. The Kier molecular flexibility index (Phi) is 3.50. The summed E-state index contributed by atoms with van der Waals surface area (Å²) in [6.07, 6.45) is 5.06.